The van der Waals surface area contributed by atoms with E-state index in [4.69, 9.17) is 5.73 Å². The molecule has 1 aliphatic rings. The molecule has 1 aliphatic carbocycles. The zero-order valence-corrected chi connectivity index (χ0v) is 6.67. The van der Waals surface area contributed by atoms with Crippen LogP contribution < -0.4 is 0 Å². The van der Waals surface area contributed by atoms with Gasteiger partial charge < -0.3 is 5.73 Å². The van der Waals surface area contributed by atoms with Gasteiger partial charge in [-0.2, -0.15) is 0 Å². The molecular formula is C6H12NTi-. The molecule has 0 unspecified atom stereocenters. The van der Waals surface area contributed by atoms with Crippen molar-refractivity contribution in [2.24, 2.45) is 0 Å². The van der Waals surface area contributed by atoms with E-state index in [0.29, 0.717) is 0 Å². The van der Waals surface area contributed by atoms with Crippen LogP contribution in [0.15, 0.2) is 0 Å². The Morgan fingerprint density at radius 2 is 1.50 bits per heavy atom. The molecule has 1 rings (SSSR count). The number of hydrogen-bond acceptors (Lipinski definition) is 0. The van der Waals surface area contributed by atoms with Gasteiger partial charge in [0.05, 0.1) is 0 Å². The first-order valence-electron chi connectivity index (χ1n) is 3.11. The minimum atomic E-state index is 0. The Balaban J connectivity index is 0.000000490. The smallest absolute Gasteiger partial charge is 0 e. The summed E-state index contributed by atoms with van der Waals surface area (Å²) in [5, 5.41) is 0. The van der Waals surface area contributed by atoms with Gasteiger partial charge in [-0.15, -0.1) is 6.04 Å². The van der Waals surface area contributed by atoms with E-state index in [1.54, 1.807) is 0 Å². The summed E-state index contributed by atoms with van der Waals surface area (Å²) in [5.41, 5.74) is 7.27. The molecule has 0 spiro atoms. The Morgan fingerprint density at radius 3 is 1.75 bits per heavy atom. The molecule has 1 N–H and O–H groups in total. The fourth-order valence-electron chi connectivity index (χ4n) is 1.10. The van der Waals surface area contributed by atoms with E-state index in [0.717, 1.165) is 12.8 Å². The quantitative estimate of drug-likeness (QED) is 0.468. The van der Waals surface area contributed by atoms with Crippen molar-refractivity contribution in [2.75, 3.05) is 0 Å². The normalized spacial score (nSPS) is 22.1. The summed E-state index contributed by atoms with van der Waals surface area (Å²) in [5.74, 6) is 0. The maximum Gasteiger partial charge on any atom is 0 e. The van der Waals surface area contributed by atoms with Crippen molar-refractivity contribution in [1.82, 2.24) is 0 Å². The Labute approximate surface area is 65.9 Å². The summed E-state index contributed by atoms with van der Waals surface area (Å²) in [4.78, 5) is 0. The van der Waals surface area contributed by atoms with Gasteiger partial charge in [0.2, 0.25) is 0 Å². The van der Waals surface area contributed by atoms with Crippen LogP contribution in [0.5, 0.6) is 0 Å². The molecule has 0 bridgehead atoms. The average Bonchev–Trinajstić information content (AvgIpc) is 1.69. The summed E-state index contributed by atoms with van der Waals surface area (Å²) >= 11 is 0. The van der Waals surface area contributed by atoms with Gasteiger partial charge in [0.25, 0.3) is 0 Å². The van der Waals surface area contributed by atoms with Crippen molar-refractivity contribution < 1.29 is 21.7 Å². The third-order valence-electron chi connectivity index (χ3n) is 1.61. The van der Waals surface area contributed by atoms with Crippen molar-refractivity contribution in [1.29, 1.82) is 0 Å². The average molecular weight is 146 g/mol. The zero-order valence-electron chi connectivity index (χ0n) is 5.11. The molecule has 0 aromatic carbocycles. The molecule has 8 heavy (non-hydrogen) atoms. The number of rotatable bonds is 0. The van der Waals surface area contributed by atoms with Crippen molar-refractivity contribution in [3.63, 3.8) is 0 Å². The van der Waals surface area contributed by atoms with E-state index in [1.807, 2.05) is 0 Å². The minimum absolute atomic E-state index is 0. The van der Waals surface area contributed by atoms with E-state index in [9.17, 15) is 0 Å². The first kappa shape index (κ1) is 8.67. The number of hydrogen-bond donors (Lipinski definition) is 0. The molecular weight excluding hydrogens is 134 g/mol. The minimum Gasteiger partial charge on any atom is -0.675 e. The molecule has 0 heterocycles. The standard InChI is InChI=1S/C6H12N.Ti/c7-6-4-2-1-3-5-6;/h6-7H,1-5H2;/q-1;. The largest absolute Gasteiger partial charge is 0.675 e. The van der Waals surface area contributed by atoms with E-state index in [-0.39, 0.29) is 27.8 Å². The maximum atomic E-state index is 7.27. The fraction of sp³-hybridized carbons (Fsp3) is 1.00. The molecule has 0 aromatic rings. The van der Waals surface area contributed by atoms with Gasteiger partial charge in [0.15, 0.2) is 0 Å². The molecule has 0 radical (unpaired) electrons. The van der Waals surface area contributed by atoms with E-state index >= 15 is 0 Å². The van der Waals surface area contributed by atoms with Crippen molar-refractivity contribution in [3.8, 4) is 0 Å². The summed E-state index contributed by atoms with van der Waals surface area (Å²) in [7, 11) is 0. The predicted octanol–water partition coefficient (Wildman–Crippen LogP) is 2.37. The van der Waals surface area contributed by atoms with E-state index < -0.39 is 0 Å². The molecule has 0 aromatic heterocycles. The number of nitrogens with one attached hydrogen (secondary N) is 1. The Kier molecular flexibility index (Phi) is 4.93. The van der Waals surface area contributed by atoms with Gasteiger partial charge in [-0.1, -0.05) is 32.1 Å². The monoisotopic (exact) mass is 146 g/mol. The van der Waals surface area contributed by atoms with Crippen LogP contribution >= 0.6 is 0 Å². The van der Waals surface area contributed by atoms with Gasteiger partial charge >= 0.3 is 0 Å². The third-order valence-corrected chi connectivity index (χ3v) is 1.61. The van der Waals surface area contributed by atoms with Crippen molar-refractivity contribution in [2.45, 2.75) is 38.1 Å². The van der Waals surface area contributed by atoms with Crippen LogP contribution in [0.4, 0.5) is 0 Å². The van der Waals surface area contributed by atoms with Crippen LogP contribution in [0.25, 0.3) is 5.73 Å². The van der Waals surface area contributed by atoms with E-state index in [2.05, 4.69) is 0 Å². The first-order chi connectivity index (χ1) is 3.39. The van der Waals surface area contributed by atoms with Crippen LogP contribution in [-0.2, 0) is 21.7 Å². The van der Waals surface area contributed by atoms with Crippen molar-refractivity contribution >= 4 is 0 Å². The second-order valence-corrected chi connectivity index (χ2v) is 2.33. The molecule has 0 saturated heterocycles. The predicted molar refractivity (Wildman–Crippen MR) is 31.2 cm³/mol. The summed E-state index contributed by atoms with van der Waals surface area (Å²) in [6.45, 7) is 0. The van der Waals surface area contributed by atoms with Gasteiger partial charge in [0.1, 0.15) is 0 Å². The molecule has 1 saturated carbocycles. The van der Waals surface area contributed by atoms with Crippen LogP contribution in [0.1, 0.15) is 32.1 Å². The first-order valence-corrected chi connectivity index (χ1v) is 3.11. The Hall–Kier alpha value is 0.674. The maximum absolute atomic E-state index is 7.27. The van der Waals surface area contributed by atoms with E-state index in [1.165, 1.54) is 19.3 Å². The summed E-state index contributed by atoms with van der Waals surface area (Å²) in [6.07, 6.45) is 6.28. The molecule has 1 nitrogen and oxygen atoms in total. The van der Waals surface area contributed by atoms with Crippen LogP contribution in [-0.4, -0.2) is 6.04 Å². The zero-order chi connectivity index (χ0) is 5.11. The van der Waals surface area contributed by atoms with Crippen LogP contribution in [0.2, 0.25) is 0 Å². The Morgan fingerprint density at radius 1 is 1.00 bits per heavy atom. The molecule has 2 heteroatoms. The second kappa shape index (κ2) is 4.54. The van der Waals surface area contributed by atoms with Crippen LogP contribution in [0.3, 0.4) is 0 Å². The molecule has 46 valence electrons. The fourth-order valence-corrected chi connectivity index (χ4v) is 1.10. The summed E-state index contributed by atoms with van der Waals surface area (Å²) < 4.78 is 0. The molecule has 0 atom stereocenters. The van der Waals surface area contributed by atoms with Gasteiger partial charge in [-0.3, -0.25) is 0 Å². The second-order valence-electron chi connectivity index (χ2n) is 2.33. The SMILES string of the molecule is [NH-]C1CCCCC1.[Ti]. The Bertz CT molecular complexity index is 50.5. The van der Waals surface area contributed by atoms with Gasteiger partial charge in [0, 0.05) is 21.7 Å². The van der Waals surface area contributed by atoms with Gasteiger partial charge in [-0.05, 0) is 0 Å². The van der Waals surface area contributed by atoms with Gasteiger partial charge in [-0.25, -0.2) is 0 Å². The third kappa shape index (κ3) is 2.86. The molecule has 0 amide bonds. The van der Waals surface area contributed by atoms with Crippen LogP contribution in [0, 0.1) is 0 Å². The summed E-state index contributed by atoms with van der Waals surface area (Å²) in [6, 6.07) is 0.286. The molecule has 0 aliphatic heterocycles. The van der Waals surface area contributed by atoms with Crippen molar-refractivity contribution in [3.05, 3.63) is 5.73 Å². The molecule has 1 fully saturated rings. The topological polar surface area (TPSA) is 23.8 Å².